The normalized spacial score (nSPS) is 17.1. The van der Waals surface area contributed by atoms with E-state index >= 15 is 0 Å². The van der Waals surface area contributed by atoms with E-state index in [-0.39, 0.29) is 17.8 Å². The van der Waals surface area contributed by atoms with Crippen LogP contribution in [0.25, 0.3) is 0 Å². The number of ketones is 1. The van der Waals surface area contributed by atoms with E-state index in [1.165, 1.54) is 19.2 Å². The van der Waals surface area contributed by atoms with Gasteiger partial charge in [-0.2, -0.15) is 0 Å². The van der Waals surface area contributed by atoms with Crippen LogP contribution in [-0.2, 0) is 0 Å². The summed E-state index contributed by atoms with van der Waals surface area (Å²) in [6.45, 7) is 0. The Labute approximate surface area is 120 Å². The average Bonchev–Trinajstić information content (AvgIpc) is 2.49. The van der Waals surface area contributed by atoms with Crippen molar-refractivity contribution in [3.05, 3.63) is 59.2 Å². The lowest BCUT2D eigenvalue weighted by Gasteiger charge is -2.26. The first kappa shape index (κ1) is 13.5. The zero-order valence-corrected chi connectivity index (χ0v) is 11.2. The number of hydrogen-bond donors (Lipinski definition) is 0. The van der Waals surface area contributed by atoms with Crippen molar-refractivity contribution in [1.29, 1.82) is 0 Å². The van der Waals surface area contributed by atoms with Gasteiger partial charge in [0.05, 0.1) is 19.1 Å². The zero-order valence-electron chi connectivity index (χ0n) is 11.2. The van der Waals surface area contributed by atoms with Gasteiger partial charge >= 0.3 is 0 Å². The Hall–Kier alpha value is -2.43. The maximum atomic E-state index is 13.8. The van der Waals surface area contributed by atoms with Gasteiger partial charge in [0, 0.05) is 11.6 Å². The molecule has 0 saturated carbocycles. The summed E-state index contributed by atoms with van der Waals surface area (Å²) in [5.74, 6) is -1.27. The molecule has 0 fully saturated rings. The number of ether oxygens (including phenoxy) is 2. The number of fused-ring (bicyclic) bond motifs is 1. The summed E-state index contributed by atoms with van der Waals surface area (Å²) in [5, 5.41) is 0. The summed E-state index contributed by atoms with van der Waals surface area (Å²) in [5.41, 5.74) is 0.459. The Kier molecular flexibility index (Phi) is 3.33. The van der Waals surface area contributed by atoms with E-state index in [1.807, 2.05) is 0 Å². The van der Waals surface area contributed by atoms with Crippen molar-refractivity contribution in [3.63, 3.8) is 0 Å². The molecule has 0 radical (unpaired) electrons. The second-order valence-corrected chi connectivity index (χ2v) is 4.74. The number of rotatable bonds is 2. The highest BCUT2D eigenvalue weighted by Crippen LogP contribution is 2.37. The molecule has 0 aromatic heterocycles. The van der Waals surface area contributed by atoms with E-state index in [4.69, 9.17) is 9.47 Å². The number of hydrogen-bond acceptors (Lipinski definition) is 3. The Morgan fingerprint density at radius 1 is 1.24 bits per heavy atom. The van der Waals surface area contributed by atoms with Crippen molar-refractivity contribution < 1.29 is 23.0 Å². The minimum absolute atomic E-state index is 0.0281. The third kappa shape index (κ3) is 2.35. The summed E-state index contributed by atoms with van der Waals surface area (Å²) in [6, 6.07) is 8.67. The van der Waals surface area contributed by atoms with E-state index < -0.39 is 17.7 Å². The van der Waals surface area contributed by atoms with Crippen molar-refractivity contribution in [2.24, 2.45) is 0 Å². The highest BCUT2D eigenvalue weighted by Gasteiger charge is 2.30. The van der Waals surface area contributed by atoms with Crippen molar-refractivity contribution in [2.75, 3.05) is 7.11 Å². The molecule has 0 saturated heterocycles. The van der Waals surface area contributed by atoms with Gasteiger partial charge in [-0.1, -0.05) is 12.1 Å². The van der Waals surface area contributed by atoms with Gasteiger partial charge in [-0.15, -0.1) is 0 Å². The summed E-state index contributed by atoms with van der Waals surface area (Å²) in [6.07, 6.45) is -0.868. The summed E-state index contributed by atoms with van der Waals surface area (Å²) >= 11 is 0. The number of methoxy groups -OCH3 is 1. The molecule has 5 heteroatoms. The SMILES string of the molecule is COc1ccc2c(c1)OC(c1cccc(F)c1F)CC2=O. The molecular weight excluding hydrogens is 278 g/mol. The number of halogens is 2. The molecule has 0 amide bonds. The molecule has 3 rings (SSSR count). The van der Waals surface area contributed by atoms with Gasteiger partial charge in [-0.3, -0.25) is 4.79 Å². The Bertz CT molecular complexity index is 713. The standard InChI is InChI=1S/C16H12F2O3/c1-20-9-5-6-10-13(19)8-15(21-14(10)7-9)11-3-2-4-12(17)16(11)18/h2-7,15H,8H2,1H3. The molecule has 21 heavy (non-hydrogen) atoms. The third-order valence-corrected chi connectivity index (χ3v) is 3.46. The van der Waals surface area contributed by atoms with Crippen LogP contribution in [0.2, 0.25) is 0 Å². The van der Waals surface area contributed by atoms with E-state index in [0.29, 0.717) is 17.1 Å². The molecule has 0 spiro atoms. The Morgan fingerprint density at radius 3 is 2.81 bits per heavy atom. The van der Waals surface area contributed by atoms with Gasteiger partial charge in [0.1, 0.15) is 17.6 Å². The molecule has 1 unspecified atom stereocenters. The quantitative estimate of drug-likeness (QED) is 0.846. The van der Waals surface area contributed by atoms with E-state index in [9.17, 15) is 13.6 Å². The fourth-order valence-electron chi connectivity index (χ4n) is 2.37. The van der Waals surface area contributed by atoms with Gasteiger partial charge in [-0.05, 0) is 18.2 Å². The van der Waals surface area contributed by atoms with Crippen LogP contribution in [0.3, 0.4) is 0 Å². The topological polar surface area (TPSA) is 35.5 Å². The zero-order chi connectivity index (χ0) is 15.0. The predicted molar refractivity (Wildman–Crippen MR) is 71.7 cm³/mol. The fraction of sp³-hybridized carbons (Fsp3) is 0.188. The number of Topliss-reactive ketones (excluding diaryl/α,β-unsaturated/α-hetero) is 1. The fourth-order valence-corrected chi connectivity index (χ4v) is 2.37. The first-order valence-corrected chi connectivity index (χ1v) is 6.42. The maximum Gasteiger partial charge on any atom is 0.170 e. The van der Waals surface area contributed by atoms with Crippen molar-refractivity contribution in [3.8, 4) is 11.5 Å². The molecule has 2 aromatic carbocycles. The molecule has 2 aromatic rings. The molecule has 1 heterocycles. The van der Waals surface area contributed by atoms with Gasteiger partial charge in [0.2, 0.25) is 0 Å². The van der Waals surface area contributed by atoms with Gasteiger partial charge in [0.25, 0.3) is 0 Å². The van der Waals surface area contributed by atoms with Crippen LogP contribution in [0.1, 0.15) is 28.4 Å². The molecule has 0 aliphatic carbocycles. The number of benzene rings is 2. The summed E-state index contributed by atoms with van der Waals surface area (Å²) in [7, 11) is 1.50. The first-order chi connectivity index (χ1) is 10.1. The highest BCUT2D eigenvalue weighted by atomic mass is 19.2. The largest absolute Gasteiger partial charge is 0.497 e. The minimum atomic E-state index is -0.985. The summed E-state index contributed by atoms with van der Waals surface area (Å²) < 4.78 is 37.9. The summed E-state index contributed by atoms with van der Waals surface area (Å²) in [4.78, 5) is 12.1. The average molecular weight is 290 g/mol. The number of carbonyl (C=O) groups excluding carboxylic acids is 1. The van der Waals surface area contributed by atoms with Crippen LogP contribution >= 0.6 is 0 Å². The van der Waals surface area contributed by atoms with Crippen molar-refractivity contribution in [2.45, 2.75) is 12.5 Å². The smallest absolute Gasteiger partial charge is 0.170 e. The highest BCUT2D eigenvalue weighted by molar-refractivity contribution is 6.00. The van der Waals surface area contributed by atoms with Crippen molar-refractivity contribution in [1.82, 2.24) is 0 Å². The lowest BCUT2D eigenvalue weighted by molar-refractivity contribution is 0.0844. The molecule has 108 valence electrons. The van der Waals surface area contributed by atoms with Crippen LogP contribution in [-0.4, -0.2) is 12.9 Å². The van der Waals surface area contributed by atoms with E-state index in [0.717, 1.165) is 6.07 Å². The molecule has 3 nitrogen and oxygen atoms in total. The van der Waals surface area contributed by atoms with Crippen LogP contribution in [0.5, 0.6) is 11.5 Å². The lowest BCUT2D eigenvalue weighted by Crippen LogP contribution is -2.21. The van der Waals surface area contributed by atoms with Gasteiger partial charge in [0.15, 0.2) is 17.4 Å². The molecule has 0 bridgehead atoms. The van der Waals surface area contributed by atoms with Gasteiger partial charge < -0.3 is 9.47 Å². The molecular formula is C16H12F2O3. The van der Waals surface area contributed by atoms with Crippen molar-refractivity contribution >= 4 is 5.78 Å². The minimum Gasteiger partial charge on any atom is -0.497 e. The van der Waals surface area contributed by atoms with Gasteiger partial charge in [-0.25, -0.2) is 8.78 Å². The third-order valence-electron chi connectivity index (χ3n) is 3.46. The Balaban J connectivity index is 2.01. The first-order valence-electron chi connectivity index (χ1n) is 6.42. The molecule has 0 N–H and O–H groups in total. The second-order valence-electron chi connectivity index (χ2n) is 4.74. The lowest BCUT2D eigenvalue weighted by atomic mass is 9.96. The molecule has 1 aliphatic rings. The van der Waals surface area contributed by atoms with E-state index in [2.05, 4.69) is 0 Å². The molecule has 1 atom stereocenters. The second kappa shape index (κ2) is 5.16. The monoisotopic (exact) mass is 290 g/mol. The van der Waals surface area contributed by atoms with Crippen LogP contribution in [0.4, 0.5) is 8.78 Å². The van der Waals surface area contributed by atoms with E-state index in [1.54, 1.807) is 18.2 Å². The van der Waals surface area contributed by atoms with Crippen LogP contribution in [0, 0.1) is 11.6 Å². The predicted octanol–water partition coefficient (Wildman–Crippen LogP) is 3.68. The maximum absolute atomic E-state index is 13.8. The van der Waals surface area contributed by atoms with Crippen LogP contribution < -0.4 is 9.47 Å². The Morgan fingerprint density at radius 2 is 2.05 bits per heavy atom. The number of carbonyl (C=O) groups is 1. The molecule has 1 aliphatic heterocycles. The van der Waals surface area contributed by atoms with Crippen LogP contribution in [0.15, 0.2) is 36.4 Å².